The largest absolute Gasteiger partial charge is 0.355 e. The second-order valence-corrected chi connectivity index (χ2v) is 8.19. The van der Waals surface area contributed by atoms with Crippen LogP contribution in [0.3, 0.4) is 0 Å². The van der Waals surface area contributed by atoms with Crippen molar-refractivity contribution < 1.29 is 4.79 Å². The summed E-state index contributed by atoms with van der Waals surface area (Å²) in [6.07, 6.45) is 1.65. The van der Waals surface area contributed by atoms with Gasteiger partial charge in [0.25, 0.3) is 5.56 Å². The standard InChI is InChI=1S/C23H23N5O2S/c1-3-13-27-21(30)18-11-7-8-12-19(18)28-22(27)25-26-23(28)31-15-20(29)24-14-16(2)17-9-5-4-6-10-17/h3-12,16H,1,13-15H2,2H3,(H,24,29). The molecule has 2 heterocycles. The number of carbonyl (C=O) groups excluding carboxylic acids is 1. The van der Waals surface area contributed by atoms with Gasteiger partial charge in [-0.1, -0.05) is 67.2 Å². The molecule has 2 aromatic carbocycles. The van der Waals surface area contributed by atoms with Crippen LogP contribution >= 0.6 is 11.8 Å². The number of amides is 1. The van der Waals surface area contributed by atoms with Crippen LogP contribution in [0, 0.1) is 0 Å². The van der Waals surface area contributed by atoms with Crippen molar-refractivity contribution in [2.75, 3.05) is 12.3 Å². The fourth-order valence-electron chi connectivity index (χ4n) is 3.47. The van der Waals surface area contributed by atoms with Gasteiger partial charge >= 0.3 is 0 Å². The first-order valence-electron chi connectivity index (χ1n) is 10.0. The van der Waals surface area contributed by atoms with Crippen molar-refractivity contribution in [2.24, 2.45) is 0 Å². The number of hydrogen-bond acceptors (Lipinski definition) is 5. The Morgan fingerprint density at radius 3 is 2.68 bits per heavy atom. The van der Waals surface area contributed by atoms with E-state index in [9.17, 15) is 9.59 Å². The van der Waals surface area contributed by atoms with Crippen molar-refractivity contribution in [3.05, 3.63) is 83.2 Å². The van der Waals surface area contributed by atoms with Gasteiger partial charge in [-0.15, -0.1) is 16.8 Å². The van der Waals surface area contributed by atoms with E-state index in [1.807, 2.05) is 40.8 Å². The Kier molecular flexibility index (Phi) is 6.18. The van der Waals surface area contributed by atoms with Crippen molar-refractivity contribution in [2.45, 2.75) is 24.5 Å². The molecule has 8 heteroatoms. The zero-order valence-corrected chi connectivity index (χ0v) is 18.0. The first-order valence-corrected chi connectivity index (χ1v) is 11.0. The summed E-state index contributed by atoms with van der Waals surface area (Å²) >= 11 is 1.30. The van der Waals surface area contributed by atoms with Crippen LogP contribution in [0.5, 0.6) is 0 Å². The van der Waals surface area contributed by atoms with Crippen molar-refractivity contribution >= 4 is 34.3 Å². The van der Waals surface area contributed by atoms with Crippen molar-refractivity contribution in [3.8, 4) is 0 Å². The van der Waals surface area contributed by atoms with Crippen molar-refractivity contribution in [1.29, 1.82) is 0 Å². The zero-order valence-electron chi connectivity index (χ0n) is 17.2. The van der Waals surface area contributed by atoms with E-state index in [0.717, 1.165) is 0 Å². The van der Waals surface area contributed by atoms with Crippen LogP contribution in [-0.4, -0.2) is 37.4 Å². The molecule has 0 aliphatic heterocycles. The number of allylic oxidation sites excluding steroid dienone is 1. The molecule has 4 aromatic rings. The molecule has 7 nitrogen and oxygen atoms in total. The monoisotopic (exact) mass is 433 g/mol. The van der Waals surface area contributed by atoms with E-state index in [1.54, 1.807) is 12.1 Å². The van der Waals surface area contributed by atoms with Gasteiger partial charge < -0.3 is 5.32 Å². The average Bonchev–Trinajstić information content (AvgIpc) is 3.23. The molecule has 1 amide bonds. The molecule has 0 aliphatic carbocycles. The predicted octanol–water partition coefficient (Wildman–Crippen LogP) is 3.24. The second kappa shape index (κ2) is 9.18. The van der Waals surface area contributed by atoms with Crippen LogP contribution in [0.4, 0.5) is 0 Å². The minimum Gasteiger partial charge on any atom is -0.355 e. The minimum atomic E-state index is -0.139. The highest BCUT2D eigenvalue weighted by molar-refractivity contribution is 7.99. The number of thioether (sulfide) groups is 1. The van der Waals surface area contributed by atoms with Crippen molar-refractivity contribution in [1.82, 2.24) is 24.5 Å². The Balaban J connectivity index is 1.53. The molecule has 158 valence electrons. The number of aromatic nitrogens is 4. The van der Waals surface area contributed by atoms with Gasteiger partial charge in [0.1, 0.15) is 0 Å². The molecule has 0 saturated heterocycles. The van der Waals surface area contributed by atoms with Gasteiger partial charge in [0.05, 0.1) is 16.7 Å². The van der Waals surface area contributed by atoms with E-state index >= 15 is 0 Å². The van der Waals surface area contributed by atoms with Gasteiger partial charge in [0.2, 0.25) is 11.7 Å². The number of hydrogen-bond donors (Lipinski definition) is 1. The summed E-state index contributed by atoms with van der Waals surface area (Å²) in [6.45, 7) is 6.70. The summed E-state index contributed by atoms with van der Waals surface area (Å²) in [6, 6.07) is 17.4. The first kappa shape index (κ1) is 20.9. The van der Waals surface area contributed by atoms with Gasteiger partial charge in [-0.05, 0) is 23.6 Å². The molecule has 2 aromatic heterocycles. The molecule has 1 atom stereocenters. The maximum Gasteiger partial charge on any atom is 0.263 e. The van der Waals surface area contributed by atoms with Gasteiger partial charge in [-0.3, -0.25) is 18.6 Å². The molecule has 0 fully saturated rings. The van der Waals surface area contributed by atoms with Gasteiger partial charge in [0.15, 0.2) is 5.16 Å². The minimum absolute atomic E-state index is 0.0757. The third-order valence-electron chi connectivity index (χ3n) is 5.10. The van der Waals surface area contributed by atoms with Gasteiger partial charge in [0, 0.05) is 13.1 Å². The molecule has 0 bridgehead atoms. The molecule has 1 unspecified atom stereocenters. The SMILES string of the molecule is C=CCn1c(=O)c2ccccc2n2c(SCC(=O)NCC(C)c3ccccc3)nnc12. The van der Waals surface area contributed by atoms with Crippen LogP contribution in [0.2, 0.25) is 0 Å². The summed E-state index contributed by atoms with van der Waals surface area (Å²) < 4.78 is 3.36. The van der Waals surface area contributed by atoms with Gasteiger partial charge in [-0.25, -0.2) is 0 Å². The van der Waals surface area contributed by atoms with E-state index in [-0.39, 0.29) is 23.1 Å². The second-order valence-electron chi connectivity index (χ2n) is 7.24. The van der Waals surface area contributed by atoms with Crippen LogP contribution in [-0.2, 0) is 11.3 Å². The summed E-state index contributed by atoms with van der Waals surface area (Å²) in [4.78, 5) is 25.3. The summed E-state index contributed by atoms with van der Waals surface area (Å²) in [5.74, 6) is 0.788. The number of para-hydroxylation sites is 1. The highest BCUT2D eigenvalue weighted by Gasteiger charge is 2.17. The number of nitrogens with one attached hydrogen (secondary N) is 1. The molecule has 0 radical (unpaired) electrons. The summed E-state index contributed by atoms with van der Waals surface area (Å²) in [5, 5.41) is 12.6. The van der Waals surface area contributed by atoms with Crippen LogP contribution in [0.15, 0.2) is 77.2 Å². The highest BCUT2D eigenvalue weighted by atomic mass is 32.2. The van der Waals surface area contributed by atoms with Gasteiger partial charge in [-0.2, -0.15) is 0 Å². The quantitative estimate of drug-likeness (QED) is 0.341. The lowest BCUT2D eigenvalue weighted by Gasteiger charge is -2.13. The van der Waals surface area contributed by atoms with Crippen molar-refractivity contribution in [3.63, 3.8) is 0 Å². The maximum atomic E-state index is 12.8. The number of benzene rings is 2. The number of nitrogens with zero attached hydrogens (tertiary/aromatic N) is 4. The molecule has 4 rings (SSSR count). The van der Waals surface area contributed by atoms with E-state index in [1.165, 1.54) is 21.9 Å². The molecule has 0 saturated carbocycles. The van der Waals surface area contributed by atoms with E-state index in [4.69, 9.17) is 0 Å². The Morgan fingerprint density at radius 2 is 1.90 bits per heavy atom. The summed E-state index contributed by atoms with van der Waals surface area (Å²) in [7, 11) is 0. The Morgan fingerprint density at radius 1 is 1.16 bits per heavy atom. The molecule has 0 aliphatic rings. The highest BCUT2D eigenvalue weighted by Crippen LogP contribution is 2.21. The third kappa shape index (κ3) is 4.25. The topological polar surface area (TPSA) is 81.3 Å². The molecular formula is C23H23N5O2S. The number of fused-ring (bicyclic) bond motifs is 3. The van der Waals surface area contributed by atoms with Crippen LogP contribution in [0.1, 0.15) is 18.4 Å². The molecule has 0 spiro atoms. The predicted molar refractivity (Wildman–Crippen MR) is 124 cm³/mol. The Labute approximate surface area is 183 Å². The van der Waals surface area contributed by atoms with E-state index in [0.29, 0.717) is 34.9 Å². The average molecular weight is 434 g/mol. The molecular weight excluding hydrogens is 410 g/mol. The maximum absolute atomic E-state index is 12.8. The fourth-order valence-corrected chi connectivity index (χ4v) is 4.24. The first-order chi connectivity index (χ1) is 15.1. The van der Waals surface area contributed by atoms with E-state index in [2.05, 4.69) is 41.1 Å². The zero-order chi connectivity index (χ0) is 21.8. The third-order valence-corrected chi connectivity index (χ3v) is 6.03. The number of rotatable bonds is 8. The molecule has 31 heavy (non-hydrogen) atoms. The van der Waals surface area contributed by atoms with Crippen LogP contribution < -0.4 is 10.9 Å². The lowest BCUT2D eigenvalue weighted by molar-refractivity contribution is -0.118. The lowest BCUT2D eigenvalue weighted by Crippen LogP contribution is -2.29. The Bertz CT molecular complexity index is 1300. The van der Waals surface area contributed by atoms with E-state index < -0.39 is 0 Å². The fraction of sp³-hybridized carbons (Fsp3) is 0.217. The van der Waals surface area contributed by atoms with Crippen LogP contribution in [0.25, 0.3) is 16.7 Å². The summed E-state index contributed by atoms with van der Waals surface area (Å²) in [5.41, 5.74) is 1.76. The normalized spacial score (nSPS) is 12.2. The molecule has 1 N–H and O–H groups in total. The lowest BCUT2D eigenvalue weighted by atomic mass is 10.0. The Hall–Kier alpha value is -3.39. The number of carbonyl (C=O) groups is 1. The smallest absolute Gasteiger partial charge is 0.263 e.